The highest BCUT2D eigenvalue weighted by molar-refractivity contribution is 6.43. The van der Waals surface area contributed by atoms with Crippen molar-refractivity contribution >= 4 is 35.0 Å². The van der Waals surface area contributed by atoms with Crippen molar-refractivity contribution in [2.75, 3.05) is 0 Å². The van der Waals surface area contributed by atoms with Crippen LogP contribution < -0.4 is 0 Å². The van der Waals surface area contributed by atoms with Crippen molar-refractivity contribution in [2.24, 2.45) is 9.98 Å². The summed E-state index contributed by atoms with van der Waals surface area (Å²) < 4.78 is 0. The van der Waals surface area contributed by atoms with Crippen molar-refractivity contribution < 1.29 is 0 Å². The lowest BCUT2D eigenvalue weighted by Crippen LogP contribution is -2.14. The molecule has 0 N–H and O–H groups in total. The molecule has 0 unspecified atom stereocenters. The summed E-state index contributed by atoms with van der Waals surface area (Å²) in [6.45, 7) is 9.22. The maximum absolute atomic E-state index is 5.45. The van der Waals surface area contributed by atoms with Crippen molar-refractivity contribution in [3.8, 4) is 0 Å². The summed E-state index contributed by atoms with van der Waals surface area (Å²) in [5, 5.41) is 0. The monoisotopic (exact) mass is 947 g/mol. The largest absolute Gasteiger partial charge is 0.252 e. The molecule has 0 saturated carbocycles. The minimum Gasteiger partial charge on any atom is -0.252 e. The summed E-state index contributed by atoms with van der Waals surface area (Å²) in [6, 6.07) is 17.8. The van der Waals surface area contributed by atoms with E-state index in [4.69, 9.17) is 9.98 Å². The van der Waals surface area contributed by atoms with Gasteiger partial charge in [-0.25, -0.2) is 0 Å². The second-order valence-corrected chi connectivity index (χ2v) is 21.3. The zero-order chi connectivity index (χ0) is 49.2. The number of unbranched alkanes of at least 4 members (excludes halogenated alkanes) is 39. The van der Waals surface area contributed by atoms with E-state index >= 15 is 0 Å². The van der Waals surface area contributed by atoms with Crippen LogP contribution in [0.1, 0.15) is 328 Å². The van der Waals surface area contributed by atoms with Gasteiger partial charge in [-0.2, -0.15) is 0 Å². The summed E-state index contributed by atoms with van der Waals surface area (Å²) >= 11 is 0. The molecule has 0 bridgehead atoms. The summed E-state index contributed by atoms with van der Waals surface area (Å²) in [5.74, 6) is 0. The number of allylic oxidation sites excluding steroid dienone is 2. The zero-order valence-corrected chi connectivity index (χ0v) is 46.6. The molecule has 0 aliphatic heterocycles. The minimum atomic E-state index is 0.987. The Labute approximate surface area is 431 Å². The fourth-order valence-corrected chi connectivity index (χ4v) is 9.91. The van der Waals surface area contributed by atoms with E-state index < -0.39 is 0 Å². The van der Waals surface area contributed by atoms with E-state index in [9.17, 15) is 0 Å². The highest BCUT2D eigenvalue weighted by atomic mass is 14.8. The summed E-state index contributed by atoms with van der Waals surface area (Å²) in [4.78, 5) is 10.9. The van der Waals surface area contributed by atoms with Gasteiger partial charge in [-0.05, 0) is 86.8 Å². The van der Waals surface area contributed by atoms with E-state index in [1.165, 1.54) is 279 Å². The van der Waals surface area contributed by atoms with Gasteiger partial charge < -0.3 is 0 Å². The molecule has 2 nitrogen and oxygen atoms in total. The van der Waals surface area contributed by atoms with Gasteiger partial charge in [-0.3, -0.25) is 9.98 Å². The van der Waals surface area contributed by atoms with E-state index in [1.807, 2.05) is 0 Å². The molecule has 0 atom stereocenters. The lowest BCUT2D eigenvalue weighted by atomic mass is 10.0. The SMILES string of the molecule is CCCCCCCCCCCCCCCCCCC=Cc1cccc(N=C(CCCCC)C(CCCCCCCC)=Nc2cccc(C=CCCCCCCCCCCCCCCCCCC)c2)c1. The third-order valence-electron chi connectivity index (χ3n) is 14.5. The van der Waals surface area contributed by atoms with Crippen molar-refractivity contribution in [3.63, 3.8) is 0 Å². The second kappa shape index (κ2) is 48.9. The Morgan fingerprint density at radius 2 is 0.551 bits per heavy atom. The van der Waals surface area contributed by atoms with Crippen LogP contribution in [0.15, 0.2) is 70.7 Å². The molecule has 0 radical (unpaired) electrons. The first-order valence-electron chi connectivity index (χ1n) is 30.9. The number of hydrogen-bond donors (Lipinski definition) is 0. The Bertz CT molecular complexity index is 1530. The maximum Gasteiger partial charge on any atom is 0.0639 e. The van der Waals surface area contributed by atoms with E-state index in [2.05, 4.69) is 101 Å². The third-order valence-corrected chi connectivity index (χ3v) is 14.5. The number of hydrogen-bond acceptors (Lipinski definition) is 2. The van der Waals surface area contributed by atoms with Gasteiger partial charge in [0.15, 0.2) is 0 Å². The van der Waals surface area contributed by atoms with Gasteiger partial charge >= 0.3 is 0 Å². The standard InChI is InChI=1S/C67H114N2/c1-5-9-13-16-19-21-23-25-27-29-31-33-35-37-39-41-43-47-52-62-54-50-56-64(60-62)68-66(58-46-12-8-4)67(59-49-45-18-15-11-7-3)69-65-57-51-55-63(61-65)53-48-44-42-40-38-36-34-32-30-28-26-24-22-20-17-14-10-6-2/h47-48,50-57,60-61H,5-46,49,58-59H2,1-4H3. The molecule has 0 aromatic heterocycles. The molecule has 0 saturated heterocycles. The van der Waals surface area contributed by atoms with Gasteiger partial charge in [0.2, 0.25) is 0 Å². The van der Waals surface area contributed by atoms with Gasteiger partial charge in [0.25, 0.3) is 0 Å². The van der Waals surface area contributed by atoms with Crippen LogP contribution in [0.3, 0.4) is 0 Å². The molecular formula is C67H114N2. The molecule has 2 aromatic rings. The van der Waals surface area contributed by atoms with Gasteiger partial charge in [0, 0.05) is 0 Å². The van der Waals surface area contributed by atoms with E-state index in [0.717, 1.165) is 43.5 Å². The Kier molecular flexibility index (Phi) is 44.2. The fourth-order valence-electron chi connectivity index (χ4n) is 9.91. The zero-order valence-electron chi connectivity index (χ0n) is 46.6. The van der Waals surface area contributed by atoms with E-state index in [1.54, 1.807) is 0 Å². The summed E-state index contributed by atoms with van der Waals surface area (Å²) in [7, 11) is 0. The Morgan fingerprint density at radius 1 is 0.304 bits per heavy atom. The molecule has 2 aromatic carbocycles. The van der Waals surface area contributed by atoms with Crippen LogP contribution in [-0.4, -0.2) is 11.4 Å². The van der Waals surface area contributed by atoms with Crippen LogP contribution in [0.4, 0.5) is 11.4 Å². The first-order chi connectivity index (χ1) is 34.2. The number of benzene rings is 2. The van der Waals surface area contributed by atoms with Crippen molar-refractivity contribution in [1.82, 2.24) is 0 Å². The molecular weight excluding hydrogens is 833 g/mol. The average molecular weight is 948 g/mol. The van der Waals surface area contributed by atoms with Gasteiger partial charge in [0.05, 0.1) is 22.8 Å². The van der Waals surface area contributed by atoms with Gasteiger partial charge in [0.1, 0.15) is 0 Å². The Balaban J connectivity index is 1.88. The lowest BCUT2D eigenvalue weighted by Gasteiger charge is -2.12. The number of nitrogens with zero attached hydrogens (tertiary/aromatic N) is 2. The molecule has 0 aliphatic rings. The number of aliphatic imine (C=N–C) groups is 2. The van der Waals surface area contributed by atoms with Crippen molar-refractivity contribution in [2.45, 2.75) is 317 Å². The lowest BCUT2D eigenvalue weighted by molar-refractivity contribution is 0.530. The van der Waals surface area contributed by atoms with Crippen LogP contribution in [0.2, 0.25) is 0 Å². The van der Waals surface area contributed by atoms with Crippen molar-refractivity contribution in [1.29, 1.82) is 0 Å². The molecule has 2 rings (SSSR count). The predicted octanol–water partition coefficient (Wildman–Crippen LogP) is 24.2. The average Bonchev–Trinajstić information content (AvgIpc) is 3.36. The number of rotatable bonds is 50. The normalized spacial score (nSPS) is 12.4. The summed E-state index contributed by atoms with van der Waals surface area (Å²) in [6.07, 6.45) is 70.5. The highest BCUT2D eigenvalue weighted by Gasteiger charge is 2.12. The summed E-state index contributed by atoms with van der Waals surface area (Å²) in [5.41, 5.74) is 7.03. The second-order valence-electron chi connectivity index (χ2n) is 21.3. The molecule has 69 heavy (non-hydrogen) atoms. The van der Waals surface area contributed by atoms with Gasteiger partial charge in [-0.1, -0.05) is 314 Å². The Morgan fingerprint density at radius 3 is 0.855 bits per heavy atom. The maximum atomic E-state index is 5.45. The van der Waals surface area contributed by atoms with E-state index in [0.29, 0.717) is 0 Å². The third kappa shape index (κ3) is 38.6. The van der Waals surface area contributed by atoms with E-state index in [-0.39, 0.29) is 0 Å². The molecule has 0 heterocycles. The van der Waals surface area contributed by atoms with Crippen LogP contribution >= 0.6 is 0 Å². The van der Waals surface area contributed by atoms with Crippen LogP contribution in [0.5, 0.6) is 0 Å². The first kappa shape index (κ1) is 62.4. The van der Waals surface area contributed by atoms with Crippen LogP contribution in [0, 0.1) is 0 Å². The molecule has 0 aliphatic carbocycles. The predicted molar refractivity (Wildman–Crippen MR) is 316 cm³/mol. The fraction of sp³-hybridized carbons (Fsp3) is 0.731. The Hall–Kier alpha value is -2.74. The highest BCUT2D eigenvalue weighted by Crippen LogP contribution is 2.24. The molecule has 2 heteroatoms. The minimum absolute atomic E-state index is 0.987. The molecule has 0 amide bonds. The smallest absolute Gasteiger partial charge is 0.0639 e. The van der Waals surface area contributed by atoms with Crippen LogP contribution in [-0.2, 0) is 0 Å². The van der Waals surface area contributed by atoms with Crippen molar-refractivity contribution in [3.05, 3.63) is 71.8 Å². The topological polar surface area (TPSA) is 24.7 Å². The van der Waals surface area contributed by atoms with Gasteiger partial charge in [-0.15, -0.1) is 0 Å². The molecule has 0 fully saturated rings. The first-order valence-corrected chi connectivity index (χ1v) is 30.9. The van der Waals surface area contributed by atoms with Crippen LogP contribution in [0.25, 0.3) is 12.2 Å². The quantitative estimate of drug-likeness (QED) is 0.0466. The molecule has 392 valence electrons. The molecule has 0 spiro atoms.